The van der Waals surface area contributed by atoms with E-state index in [-0.39, 0.29) is 18.5 Å². The zero-order chi connectivity index (χ0) is 10.7. The van der Waals surface area contributed by atoms with Crippen LogP contribution in [0.4, 0.5) is 13.2 Å². The molecule has 14 heavy (non-hydrogen) atoms. The summed E-state index contributed by atoms with van der Waals surface area (Å²) < 4.78 is 37.4. The molecular formula is C8H7F3N2O. The number of alkyl halides is 2. The Morgan fingerprint density at radius 2 is 2.21 bits per heavy atom. The van der Waals surface area contributed by atoms with E-state index in [0.717, 1.165) is 0 Å². The predicted octanol–water partition coefficient (Wildman–Crippen LogP) is 1.43. The van der Waals surface area contributed by atoms with E-state index in [0.29, 0.717) is 6.07 Å². The van der Waals surface area contributed by atoms with E-state index in [1.807, 2.05) is 0 Å². The minimum atomic E-state index is -2.85. The average molecular weight is 204 g/mol. The molecule has 6 heteroatoms. The van der Waals surface area contributed by atoms with Gasteiger partial charge >= 0.3 is 0 Å². The summed E-state index contributed by atoms with van der Waals surface area (Å²) in [5, 5.41) is 0. The summed E-state index contributed by atoms with van der Waals surface area (Å²) in [5.74, 6) is -1.06. The van der Waals surface area contributed by atoms with Crippen molar-refractivity contribution in [3.05, 3.63) is 28.8 Å². The molecule has 0 aliphatic heterocycles. The molecule has 0 bridgehead atoms. The zero-order valence-electron chi connectivity index (χ0n) is 7.01. The van der Waals surface area contributed by atoms with Gasteiger partial charge in [0.15, 0.2) is 12.1 Å². The minimum Gasteiger partial charge on any atom is -0.325 e. The molecule has 0 spiro atoms. The molecule has 0 aliphatic carbocycles. The Labute approximate surface area is 77.7 Å². The molecule has 3 nitrogen and oxygen atoms in total. The third-order valence-electron chi connectivity index (χ3n) is 1.66. The van der Waals surface area contributed by atoms with Crippen molar-refractivity contribution in [1.82, 2.24) is 4.98 Å². The molecule has 0 saturated carbocycles. The Morgan fingerprint density at radius 3 is 2.64 bits per heavy atom. The monoisotopic (exact) mass is 204 g/mol. The summed E-state index contributed by atoms with van der Waals surface area (Å²) in [4.78, 5) is 13.6. The Kier molecular flexibility index (Phi) is 3.19. The number of carbonyl (C=O) groups excluding carboxylic acids is 1. The topological polar surface area (TPSA) is 56.0 Å². The fourth-order valence-corrected chi connectivity index (χ4v) is 0.992. The number of pyridine rings is 1. The first kappa shape index (κ1) is 10.6. The van der Waals surface area contributed by atoms with Crippen LogP contribution in [0, 0.1) is 5.82 Å². The van der Waals surface area contributed by atoms with E-state index in [9.17, 15) is 18.0 Å². The number of aromatic nitrogens is 1. The van der Waals surface area contributed by atoms with E-state index < -0.39 is 23.5 Å². The Bertz CT molecular complexity index is 355. The first-order chi connectivity index (χ1) is 6.60. The van der Waals surface area contributed by atoms with Crippen molar-refractivity contribution in [2.24, 2.45) is 5.73 Å². The van der Waals surface area contributed by atoms with Crippen molar-refractivity contribution >= 4 is 6.29 Å². The van der Waals surface area contributed by atoms with Crippen LogP contribution in [-0.2, 0) is 6.54 Å². The van der Waals surface area contributed by atoms with Gasteiger partial charge in [0.1, 0.15) is 5.69 Å². The van der Waals surface area contributed by atoms with Crippen molar-refractivity contribution in [2.45, 2.75) is 13.0 Å². The quantitative estimate of drug-likeness (QED) is 0.757. The number of rotatable bonds is 3. The normalized spacial score (nSPS) is 10.6. The van der Waals surface area contributed by atoms with Crippen molar-refractivity contribution in [3.8, 4) is 0 Å². The van der Waals surface area contributed by atoms with Crippen LogP contribution >= 0.6 is 0 Å². The second kappa shape index (κ2) is 4.19. The standard InChI is InChI=1S/C8H7F3N2O/c9-5-1-4(8(10)11)6(2-12)13-7(5)3-14/h1,3,8H,2,12H2. The molecule has 1 aromatic rings. The number of hydrogen-bond donors (Lipinski definition) is 1. The molecule has 0 aliphatic rings. The lowest BCUT2D eigenvalue weighted by atomic mass is 10.1. The van der Waals surface area contributed by atoms with Gasteiger partial charge in [-0.2, -0.15) is 0 Å². The van der Waals surface area contributed by atoms with Crippen molar-refractivity contribution in [2.75, 3.05) is 0 Å². The molecule has 0 fully saturated rings. The van der Waals surface area contributed by atoms with Crippen molar-refractivity contribution < 1.29 is 18.0 Å². The summed E-state index contributed by atoms with van der Waals surface area (Å²) in [6, 6.07) is 0.587. The first-order valence-electron chi connectivity index (χ1n) is 3.72. The maximum absolute atomic E-state index is 12.9. The molecule has 1 aromatic heterocycles. The van der Waals surface area contributed by atoms with Crippen LogP contribution in [0.5, 0.6) is 0 Å². The molecule has 0 amide bonds. The fourth-order valence-electron chi connectivity index (χ4n) is 0.992. The molecule has 0 saturated heterocycles. The third kappa shape index (κ3) is 1.90. The van der Waals surface area contributed by atoms with Gasteiger partial charge in [0, 0.05) is 12.1 Å². The van der Waals surface area contributed by atoms with Gasteiger partial charge in [0.2, 0.25) is 0 Å². The molecular weight excluding hydrogens is 197 g/mol. The van der Waals surface area contributed by atoms with Crippen LogP contribution < -0.4 is 5.73 Å². The average Bonchev–Trinajstić information content (AvgIpc) is 2.17. The summed E-state index contributed by atoms with van der Waals surface area (Å²) in [7, 11) is 0. The van der Waals surface area contributed by atoms with Crippen molar-refractivity contribution in [1.29, 1.82) is 0 Å². The van der Waals surface area contributed by atoms with Crippen LogP contribution in [0.25, 0.3) is 0 Å². The fraction of sp³-hybridized carbons (Fsp3) is 0.250. The van der Waals surface area contributed by atoms with Gasteiger partial charge in [-0.15, -0.1) is 0 Å². The molecule has 1 rings (SSSR count). The van der Waals surface area contributed by atoms with E-state index >= 15 is 0 Å². The summed E-state index contributed by atoms with van der Waals surface area (Å²) >= 11 is 0. The molecule has 0 unspecified atom stereocenters. The number of aldehydes is 1. The maximum Gasteiger partial charge on any atom is 0.265 e. The van der Waals surface area contributed by atoms with Gasteiger partial charge in [0.25, 0.3) is 6.43 Å². The summed E-state index contributed by atoms with van der Waals surface area (Å²) in [6.45, 7) is -0.263. The van der Waals surface area contributed by atoms with Crippen LogP contribution in [0.1, 0.15) is 28.2 Å². The van der Waals surface area contributed by atoms with Crippen LogP contribution in [0.15, 0.2) is 6.07 Å². The van der Waals surface area contributed by atoms with Crippen molar-refractivity contribution in [3.63, 3.8) is 0 Å². The molecule has 1 heterocycles. The first-order valence-corrected chi connectivity index (χ1v) is 3.72. The van der Waals surface area contributed by atoms with Gasteiger partial charge in [-0.25, -0.2) is 18.2 Å². The highest BCUT2D eigenvalue weighted by atomic mass is 19.3. The maximum atomic E-state index is 12.9. The number of halogens is 3. The van der Waals surface area contributed by atoms with Crippen LogP contribution in [0.2, 0.25) is 0 Å². The van der Waals surface area contributed by atoms with E-state index in [4.69, 9.17) is 5.73 Å². The molecule has 76 valence electrons. The highest BCUT2D eigenvalue weighted by Crippen LogP contribution is 2.23. The highest BCUT2D eigenvalue weighted by molar-refractivity contribution is 5.72. The zero-order valence-corrected chi connectivity index (χ0v) is 7.01. The molecule has 0 aromatic carbocycles. The van der Waals surface area contributed by atoms with Gasteiger partial charge in [-0.3, -0.25) is 4.79 Å². The number of hydrogen-bond acceptors (Lipinski definition) is 3. The van der Waals surface area contributed by atoms with Gasteiger partial charge in [-0.05, 0) is 6.07 Å². The number of nitrogens with zero attached hydrogens (tertiary/aromatic N) is 1. The lowest BCUT2D eigenvalue weighted by Crippen LogP contribution is -2.09. The Morgan fingerprint density at radius 1 is 1.57 bits per heavy atom. The lowest BCUT2D eigenvalue weighted by molar-refractivity contribution is 0.111. The lowest BCUT2D eigenvalue weighted by Gasteiger charge is -2.06. The van der Waals surface area contributed by atoms with Crippen LogP contribution in [0.3, 0.4) is 0 Å². The summed E-state index contributed by atoms with van der Waals surface area (Å²) in [5.41, 5.74) is 3.89. The molecule has 0 radical (unpaired) electrons. The summed E-state index contributed by atoms with van der Waals surface area (Å²) in [6.07, 6.45) is -2.69. The Hall–Kier alpha value is -1.43. The van der Waals surface area contributed by atoms with E-state index in [1.54, 1.807) is 0 Å². The van der Waals surface area contributed by atoms with Gasteiger partial charge < -0.3 is 5.73 Å². The molecule has 0 atom stereocenters. The van der Waals surface area contributed by atoms with Crippen LogP contribution in [-0.4, -0.2) is 11.3 Å². The second-order valence-electron chi connectivity index (χ2n) is 2.51. The number of carbonyl (C=O) groups is 1. The number of nitrogens with two attached hydrogens (primary N) is 1. The highest BCUT2D eigenvalue weighted by Gasteiger charge is 2.17. The van der Waals surface area contributed by atoms with E-state index in [2.05, 4.69) is 4.98 Å². The largest absolute Gasteiger partial charge is 0.325 e. The van der Waals surface area contributed by atoms with Gasteiger partial charge in [0.05, 0.1) is 5.69 Å². The predicted molar refractivity (Wildman–Crippen MR) is 42.4 cm³/mol. The molecule has 2 N–H and O–H groups in total. The second-order valence-corrected chi connectivity index (χ2v) is 2.51. The SMILES string of the molecule is NCc1nc(C=O)c(F)cc1C(F)F. The van der Waals surface area contributed by atoms with E-state index in [1.165, 1.54) is 0 Å². The smallest absolute Gasteiger partial charge is 0.265 e. The Balaban J connectivity index is 3.31. The minimum absolute atomic E-state index is 0.156. The third-order valence-corrected chi connectivity index (χ3v) is 1.66. The van der Waals surface area contributed by atoms with Gasteiger partial charge in [-0.1, -0.05) is 0 Å².